The third-order valence-corrected chi connectivity index (χ3v) is 6.99. The molecule has 0 saturated carbocycles. The molecule has 0 bridgehead atoms. The standard InChI is InChI=1S/C20H26N2O2S/c1-3-18-9-11-20(12-10-18)25(23,24)22-15-13-21(14-16-22)17(2)19-7-5-4-6-8-19/h4-12,17H,3,13-16H2,1-2H3. The van der Waals surface area contributed by atoms with E-state index in [2.05, 4.69) is 30.9 Å². The van der Waals surface area contributed by atoms with Crippen LogP contribution in [0.25, 0.3) is 0 Å². The lowest BCUT2D eigenvalue weighted by molar-refractivity contribution is 0.146. The van der Waals surface area contributed by atoms with E-state index in [1.54, 1.807) is 16.4 Å². The predicted molar refractivity (Wildman–Crippen MR) is 101 cm³/mol. The van der Waals surface area contributed by atoms with Crippen LogP contribution in [0.5, 0.6) is 0 Å². The van der Waals surface area contributed by atoms with Gasteiger partial charge in [0.2, 0.25) is 10.0 Å². The fraction of sp³-hybridized carbons (Fsp3) is 0.400. The largest absolute Gasteiger partial charge is 0.294 e. The van der Waals surface area contributed by atoms with E-state index in [0.717, 1.165) is 25.1 Å². The Morgan fingerprint density at radius 3 is 2.08 bits per heavy atom. The lowest BCUT2D eigenvalue weighted by Gasteiger charge is -2.37. The third-order valence-electron chi connectivity index (χ3n) is 5.07. The molecule has 134 valence electrons. The maximum absolute atomic E-state index is 12.8. The van der Waals surface area contributed by atoms with Gasteiger partial charge in [-0.15, -0.1) is 0 Å². The van der Waals surface area contributed by atoms with E-state index in [1.165, 1.54) is 5.56 Å². The minimum atomic E-state index is -3.39. The van der Waals surface area contributed by atoms with Gasteiger partial charge in [0.1, 0.15) is 0 Å². The van der Waals surface area contributed by atoms with Crippen LogP contribution in [-0.2, 0) is 16.4 Å². The van der Waals surface area contributed by atoms with Crippen LogP contribution in [0.3, 0.4) is 0 Å². The highest BCUT2D eigenvalue weighted by Gasteiger charge is 2.30. The third kappa shape index (κ3) is 3.94. The van der Waals surface area contributed by atoms with Gasteiger partial charge in [-0.2, -0.15) is 4.31 Å². The van der Waals surface area contributed by atoms with E-state index < -0.39 is 10.0 Å². The normalized spacial score (nSPS) is 18.2. The summed E-state index contributed by atoms with van der Waals surface area (Å²) in [5.41, 5.74) is 2.43. The molecule has 1 heterocycles. The molecule has 5 heteroatoms. The fourth-order valence-corrected chi connectivity index (χ4v) is 4.74. The number of hydrogen-bond donors (Lipinski definition) is 0. The van der Waals surface area contributed by atoms with Gasteiger partial charge >= 0.3 is 0 Å². The highest BCUT2D eigenvalue weighted by Crippen LogP contribution is 2.24. The molecule has 0 radical (unpaired) electrons. The molecule has 25 heavy (non-hydrogen) atoms. The van der Waals surface area contributed by atoms with Gasteiger partial charge in [0.05, 0.1) is 4.90 Å². The maximum Gasteiger partial charge on any atom is 0.243 e. The summed E-state index contributed by atoms with van der Waals surface area (Å²) in [5, 5.41) is 0. The molecule has 0 aromatic heterocycles. The van der Waals surface area contributed by atoms with Crippen molar-refractivity contribution in [3.05, 3.63) is 65.7 Å². The first-order chi connectivity index (χ1) is 12.0. The molecule has 2 aromatic carbocycles. The van der Waals surface area contributed by atoms with Gasteiger partial charge in [0.15, 0.2) is 0 Å². The van der Waals surface area contributed by atoms with E-state index in [0.29, 0.717) is 24.0 Å². The van der Waals surface area contributed by atoms with Crippen LogP contribution in [0.15, 0.2) is 59.5 Å². The maximum atomic E-state index is 12.8. The molecule has 1 aliphatic rings. The van der Waals surface area contributed by atoms with Crippen molar-refractivity contribution in [1.82, 2.24) is 9.21 Å². The van der Waals surface area contributed by atoms with Crippen molar-refractivity contribution in [3.63, 3.8) is 0 Å². The minimum absolute atomic E-state index is 0.301. The summed E-state index contributed by atoms with van der Waals surface area (Å²) < 4.78 is 27.3. The molecule has 0 N–H and O–H groups in total. The second-order valence-corrected chi connectivity index (χ2v) is 8.46. The van der Waals surface area contributed by atoms with Crippen molar-refractivity contribution >= 4 is 10.0 Å². The lowest BCUT2D eigenvalue weighted by Crippen LogP contribution is -2.49. The Morgan fingerprint density at radius 1 is 0.920 bits per heavy atom. The monoisotopic (exact) mass is 358 g/mol. The average molecular weight is 359 g/mol. The number of piperazine rings is 1. The van der Waals surface area contributed by atoms with E-state index in [1.807, 2.05) is 30.3 Å². The topological polar surface area (TPSA) is 40.6 Å². The van der Waals surface area contributed by atoms with E-state index >= 15 is 0 Å². The van der Waals surface area contributed by atoms with Gasteiger partial charge in [-0.05, 0) is 36.6 Å². The summed E-state index contributed by atoms with van der Waals surface area (Å²) in [6.45, 7) is 6.83. The lowest BCUT2D eigenvalue weighted by atomic mass is 10.1. The van der Waals surface area contributed by atoms with Gasteiger partial charge in [-0.25, -0.2) is 8.42 Å². The Morgan fingerprint density at radius 2 is 1.52 bits per heavy atom. The van der Waals surface area contributed by atoms with Crippen molar-refractivity contribution in [2.45, 2.75) is 31.2 Å². The second kappa shape index (κ2) is 7.68. The highest BCUT2D eigenvalue weighted by molar-refractivity contribution is 7.89. The number of benzene rings is 2. The molecule has 1 aliphatic heterocycles. The van der Waals surface area contributed by atoms with Crippen LogP contribution in [0.4, 0.5) is 0 Å². The molecule has 2 aromatic rings. The van der Waals surface area contributed by atoms with Crippen molar-refractivity contribution in [3.8, 4) is 0 Å². The van der Waals surface area contributed by atoms with E-state index in [4.69, 9.17) is 0 Å². The van der Waals surface area contributed by atoms with Crippen LogP contribution >= 0.6 is 0 Å². The molecule has 0 amide bonds. The molecule has 3 rings (SSSR count). The minimum Gasteiger partial charge on any atom is -0.294 e. The number of aryl methyl sites for hydroxylation is 1. The summed E-state index contributed by atoms with van der Waals surface area (Å²) in [4.78, 5) is 2.75. The Balaban J connectivity index is 1.66. The van der Waals surface area contributed by atoms with Crippen LogP contribution in [0.2, 0.25) is 0 Å². The van der Waals surface area contributed by atoms with E-state index in [9.17, 15) is 8.42 Å². The number of sulfonamides is 1. The zero-order chi connectivity index (χ0) is 17.9. The first kappa shape index (κ1) is 18.1. The molecular weight excluding hydrogens is 332 g/mol. The second-order valence-electron chi connectivity index (χ2n) is 6.52. The smallest absolute Gasteiger partial charge is 0.243 e. The average Bonchev–Trinajstić information content (AvgIpc) is 2.68. The van der Waals surface area contributed by atoms with E-state index in [-0.39, 0.29) is 0 Å². The molecule has 1 fully saturated rings. The summed E-state index contributed by atoms with van der Waals surface area (Å²) in [5.74, 6) is 0. The predicted octanol–water partition coefficient (Wildman–Crippen LogP) is 3.32. The fourth-order valence-electron chi connectivity index (χ4n) is 3.32. The Bertz CT molecular complexity index is 780. The SMILES string of the molecule is CCc1ccc(S(=O)(=O)N2CCN(C(C)c3ccccc3)CC2)cc1. The van der Waals surface area contributed by atoms with Crippen molar-refractivity contribution in [1.29, 1.82) is 0 Å². The molecule has 4 nitrogen and oxygen atoms in total. The van der Waals surface area contributed by atoms with Gasteiger partial charge in [0.25, 0.3) is 0 Å². The Hall–Kier alpha value is -1.69. The zero-order valence-electron chi connectivity index (χ0n) is 14.9. The van der Waals surface area contributed by atoms with Crippen LogP contribution < -0.4 is 0 Å². The van der Waals surface area contributed by atoms with Crippen molar-refractivity contribution in [2.24, 2.45) is 0 Å². The van der Waals surface area contributed by atoms with Gasteiger partial charge in [-0.3, -0.25) is 4.90 Å². The molecule has 0 spiro atoms. The van der Waals surface area contributed by atoms with Crippen molar-refractivity contribution < 1.29 is 8.42 Å². The molecule has 0 aliphatic carbocycles. The van der Waals surface area contributed by atoms with Gasteiger partial charge < -0.3 is 0 Å². The Labute approximate surface area is 151 Å². The van der Waals surface area contributed by atoms with Crippen LogP contribution in [-0.4, -0.2) is 43.8 Å². The first-order valence-electron chi connectivity index (χ1n) is 8.90. The quantitative estimate of drug-likeness (QED) is 0.823. The molecular formula is C20H26N2O2S. The number of hydrogen-bond acceptors (Lipinski definition) is 3. The summed E-state index contributed by atoms with van der Waals surface area (Å²) in [6.07, 6.45) is 0.913. The van der Waals surface area contributed by atoms with Crippen LogP contribution in [0, 0.1) is 0 Å². The summed E-state index contributed by atoms with van der Waals surface area (Å²) in [7, 11) is -3.39. The number of nitrogens with zero attached hydrogens (tertiary/aromatic N) is 2. The molecule has 1 atom stereocenters. The van der Waals surface area contributed by atoms with Gasteiger partial charge in [-0.1, -0.05) is 49.4 Å². The zero-order valence-corrected chi connectivity index (χ0v) is 15.7. The first-order valence-corrected chi connectivity index (χ1v) is 10.3. The number of rotatable bonds is 5. The van der Waals surface area contributed by atoms with Gasteiger partial charge in [0, 0.05) is 32.2 Å². The highest BCUT2D eigenvalue weighted by atomic mass is 32.2. The molecule has 1 unspecified atom stereocenters. The van der Waals surface area contributed by atoms with Crippen molar-refractivity contribution in [2.75, 3.05) is 26.2 Å². The summed E-state index contributed by atoms with van der Waals surface area (Å²) >= 11 is 0. The van der Waals surface area contributed by atoms with Crippen LogP contribution in [0.1, 0.15) is 31.0 Å². The molecule has 1 saturated heterocycles. The summed E-state index contributed by atoms with van der Waals surface area (Å²) in [6, 6.07) is 17.9. The Kier molecular flexibility index (Phi) is 5.57.